The second kappa shape index (κ2) is 3.44. The van der Waals surface area contributed by atoms with Crippen LogP contribution >= 0.6 is 22.9 Å². The maximum absolute atomic E-state index is 5.98. The zero-order valence-electron chi connectivity index (χ0n) is 6.99. The Morgan fingerprint density at radius 1 is 1.46 bits per heavy atom. The van der Waals surface area contributed by atoms with E-state index < -0.39 is 0 Å². The van der Waals surface area contributed by atoms with Gasteiger partial charge in [0.25, 0.3) is 0 Å². The van der Waals surface area contributed by atoms with Gasteiger partial charge in [-0.2, -0.15) is 0 Å². The molecule has 0 bridgehead atoms. The van der Waals surface area contributed by atoms with Gasteiger partial charge in [0, 0.05) is 16.6 Å². The quantitative estimate of drug-likeness (QED) is 0.676. The highest BCUT2D eigenvalue weighted by Crippen LogP contribution is 2.28. The molecule has 0 aliphatic rings. The number of aryl methyl sites for hydroxylation is 1. The van der Waals surface area contributed by atoms with E-state index >= 15 is 0 Å². The van der Waals surface area contributed by atoms with Gasteiger partial charge in [-0.15, -0.1) is 11.3 Å². The van der Waals surface area contributed by atoms with Gasteiger partial charge < -0.3 is 0 Å². The summed E-state index contributed by atoms with van der Waals surface area (Å²) in [6.45, 7) is 1.82. The number of halogens is 1. The minimum Gasteiger partial charge on any atom is -0.241 e. The molecule has 0 amide bonds. The summed E-state index contributed by atoms with van der Waals surface area (Å²) in [5.41, 5.74) is 0.905. The standard InChI is InChI=1S/C9H7ClN2S/c1-6-11-5-7(9(10)12-6)8-3-2-4-13-8/h2-5H,1H3. The first-order valence-corrected chi connectivity index (χ1v) is 5.06. The Bertz CT molecular complexity index is 412. The summed E-state index contributed by atoms with van der Waals surface area (Å²) in [6, 6.07) is 3.99. The Kier molecular flexibility index (Phi) is 2.29. The number of hydrogen-bond donors (Lipinski definition) is 0. The van der Waals surface area contributed by atoms with E-state index in [1.807, 2.05) is 24.4 Å². The third-order valence-corrected chi connectivity index (χ3v) is 2.84. The molecule has 0 atom stereocenters. The summed E-state index contributed by atoms with van der Waals surface area (Å²) in [7, 11) is 0. The fourth-order valence-electron chi connectivity index (χ4n) is 1.04. The number of nitrogens with zero attached hydrogens (tertiary/aromatic N) is 2. The van der Waals surface area contributed by atoms with Crippen molar-refractivity contribution in [2.24, 2.45) is 0 Å². The number of aromatic nitrogens is 2. The Labute approximate surface area is 85.2 Å². The lowest BCUT2D eigenvalue weighted by atomic mass is 10.3. The smallest absolute Gasteiger partial charge is 0.141 e. The first-order chi connectivity index (χ1) is 6.27. The van der Waals surface area contributed by atoms with E-state index in [1.54, 1.807) is 17.5 Å². The molecule has 0 fully saturated rings. The molecule has 13 heavy (non-hydrogen) atoms. The van der Waals surface area contributed by atoms with Crippen LogP contribution in [-0.4, -0.2) is 9.97 Å². The highest BCUT2D eigenvalue weighted by atomic mass is 35.5. The second-order valence-corrected chi connectivity index (χ2v) is 3.90. The number of rotatable bonds is 1. The van der Waals surface area contributed by atoms with E-state index in [1.165, 1.54) is 0 Å². The van der Waals surface area contributed by atoms with Crippen LogP contribution in [0.25, 0.3) is 10.4 Å². The van der Waals surface area contributed by atoms with Crippen molar-refractivity contribution in [1.82, 2.24) is 9.97 Å². The van der Waals surface area contributed by atoms with Crippen molar-refractivity contribution in [3.63, 3.8) is 0 Å². The van der Waals surface area contributed by atoms with Crippen molar-refractivity contribution in [2.45, 2.75) is 6.92 Å². The second-order valence-electron chi connectivity index (χ2n) is 2.60. The molecular formula is C9H7ClN2S. The first-order valence-electron chi connectivity index (χ1n) is 3.80. The predicted molar refractivity (Wildman–Crippen MR) is 55.1 cm³/mol. The van der Waals surface area contributed by atoms with Gasteiger partial charge in [-0.3, -0.25) is 0 Å². The third-order valence-electron chi connectivity index (χ3n) is 1.65. The molecule has 2 heterocycles. The van der Waals surface area contributed by atoms with Crippen molar-refractivity contribution in [1.29, 1.82) is 0 Å². The van der Waals surface area contributed by atoms with Crippen LogP contribution in [0, 0.1) is 6.92 Å². The average molecular weight is 211 g/mol. The average Bonchev–Trinajstić information content (AvgIpc) is 2.56. The lowest BCUT2D eigenvalue weighted by Crippen LogP contribution is -1.88. The highest BCUT2D eigenvalue weighted by Gasteiger charge is 2.05. The van der Waals surface area contributed by atoms with Crippen LogP contribution in [-0.2, 0) is 0 Å². The minimum absolute atomic E-state index is 0.523. The normalized spacial score (nSPS) is 10.3. The molecular weight excluding hydrogens is 204 g/mol. The van der Waals surface area contributed by atoms with Crippen molar-refractivity contribution in [3.05, 3.63) is 34.7 Å². The van der Waals surface area contributed by atoms with Crippen LogP contribution in [0.5, 0.6) is 0 Å². The van der Waals surface area contributed by atoms with Crippen molar-refractivity contribution < 1.29 is 0 Å². The van der Waals surface area contributed by atoms with Gasteiger partial charge in [-0.1, -0.05) is 17.7 Å². The van der Waals surface area contributed by atoms with Crippen LogP contribution in [0.2, 0.25) is 5.15 Å². The summed E-state index contributed by atoms with van der Waals surface area (Å²) in [5.74, 6) is 0.699. The first kappa shape index (κ1) is 8.66. The van der Waals surface area contributed by atoms with Gasteiger partial charge >= 0.3 is 0 Å². The topological polar surface area (TPSA) is 25.8 Å². The summed E-state index contributed by atoms with van der Waals surface area (Å²) < 4.78 is 0. The van der Waals surface area contributed by atoms with Gasteiger partial charge in [0.15, 0.2) is 0 Å². The molecule has 4 heteroatoms. The zero-order chi connectivity index (χ0) is 9.26. The molecule has 66 valence electrons. The fourth-order valence-corrected chi connectivity index (χ4v) is 2.11. The Morgan fingerprint density at radius 3 is 2.92 bits per heavy atom. The molecule has 0 N–H and O–H groups in total. The molecule has 0 unspecified atom stereocenters. The van der Waals surface area contributed by atoms with Crippen LogP contribution in [0.15, 0.2) is 23.7 Å². The maximum atomic E-state index is 5.98. The summed E-state index contributed by atoms with van der Waals surface area (Å²) >= 11 is 7.61. The summed E-state index contributed by atoms with van der Waals surface area (Å²) in [5, 5.41) is 2.53. The van der Waals surface area contributed by atoms with Crippen molar-refractivity contribution in [2.75, 3.05) is 0 Å². The molecule has 0 aliphatic carbocycles. The Morgan fingerprint density at radius 2 is 2.31 bits per heavy atom. The Hall–Kier alpha value is -0.930. The molecule has 0 aliphatic heterocycles. The molecule has 0 spiro atoms. The summed E-state index contributed by atoms with van der Waals surface area (Å²) in [6.07, 6.45) is 1.76. The van der Waals surface area contributed by atoms with E-state index in [4.69, 9.17) is 11.6 Å². The van der Waals surface area contributed by atoms with Crippen LogP contribution < -0.4 is 0 Å². The monoisotopic (exact) mass is 210 g/mol. The predicted octanol–water partition coefficient (Wildman–Crippen LogP) is 3.17. The lowest BCUT2D eigenvalue weighted by molar-refractivity contribution is 1.06. The van der Waals surface area contributed by atoms with Crippen LogP contribution in [0.4, 0.5) is 0 Å². The number of thiophene rings is 1. The maximum Gasteiger partial charge on any atom is 0.141 e. The lowest BCUT2D eigenvalue weighted by Gasteiger charge is -1.99. The van der Waals surface area contributed by atoms with Gasteiger partial charge in [0.05, 0.1) is 0 Å². The van der Waals surface area contributed by atoms with Gasteiger partial charge in [0.1, 0.15) is 11.0 Å². The molecule has 2 aromatic heterocycles. The van der Waals surface area contributed by atoms with Crippen LogP contribution in [0.3, 0.4) is 0 Å². The molecule has 2 nitrogen and oxygen atoms in total. The third kappa shape index (κ3) is 1.71. The van der Waals surface area contributed by atoms with Crippen molar-refractivity contribution >= 4 is 22.9 Å². The molecule has 0 aromatic carbocycles. The van der Waals surface area contributed by atoms with E-state index in [0.717, 1.165) is 10.4 Å². The van der Waals surface area contributed by atoms with E-state index in [0.29, 0.717) is 11.0 Å². The zero-order valence-corrected chi connectivity index (χ0v) is 8.56. The SMILES string of the molecule is Cc1ncc(-c2cccs2)c(Cl)n1. The van der Waals surface area contributed by atoms with E-state index in [9.17, 15) is 0 Å². The molecule has 0 radical (unpaired) electrons. The molecule has 2 aromatic rings. The van der Waals surface area contributed by atoms with Crippen LogP contribution in [0.1, 0.15) is 5.82 Å². The van der Waals surface area contributed by atoms with E-state index in [-0.39, 0.29) is 0 Å². The van der Waals surface area contributed by atoms with Gasteiger partial charge in [0.2, 0.25) is 0 Å². The number of hydrogen-bond acceptors (Lipinski definition) is 3. The molecule has 2 rings (SSSR count). The minimum atomic E-state index is 0.523. The summed E-state index contributed by atoms with van der Waals surface area (Å²) in [4.78, 5) is 9.30. The highest BCUT2D eigenvalue weighted by molar-refractivity contribution is 7.13. The molecule has 0 saturated carbocycles. The van der Waals surface area contributed by atoms with Gasteiger partial charge in [-0.05, 0) is 18.4 Å². The van der Waals surface area contributed by atoms with E-state index in [2.05, 4.69) is 9.97 Å². The Balaban J connectivity index is 2.53. The molecule has 0 saturated heterocycles. The van der Waals surface area contributed by atoms with Gasteiger partial charge in [-0.25, -0.2) is 9.97 Å². The van der Waals surface area contributed by atoms with Crippen molar-refractivity contribution in [3.8, 4) is 10.4 Å². The largest absolute Gasteiger partial charge is 0.241 e. The fraction of sp³-hybridized carbons (Fsp3) is 0.111.